The first-order chi connectivity index (χ1) is 17.0. The second-order valence-electron chi connectivity index (χ2n) is 7.90. The molecule has 1 aliphatic heterocycles. The summed E-state index contributed by atoms with van der Waals surface area (Å²) in [4.78, 5) is 20.9. The number of sulfonamides is 1. The van der Waals surface area contributed by atoms with Crippen LogP contribution in [0.1, 0.15) is 18.4 Å². The maximum absolute atomic E-state index is 13.8. The van der Waals surface area contributed by atoms with Crippen LogP contribution in [0, 0.1) is 0 Å². The number of rotatable bonds is 2. The van der Waals surface area contributed by atoms with E-state index in [1.165, 1.54) is 41.3 Å². The Morgan fingerprint density at radius 1 is 1.06 bits per heavy atom. The van der Waals surface area contributed by atoms with E-state index >= 15 is 0 Å². The highest BCUT2D eigenvalue weighted by Crippen LogP contribution is 2.40. The maximum atomic E-state index is 13.8. The molecule has 3 heterocycles. The van der Waals surface area contributed by atoms with Crippen LogP contribution >= 0.6 is 0 Å². The molecule has 9 nitrogen and oxygen atoms in total. The van der Waals surface area contributed by atoms with E-state index < -0.39 is 45.0 Å². The molecule has 4 bridgehead atoms. The summed E-state index contributed by atoms with van der Waals surface area (Å²) in [6.45, 7) is -0.0173. The molecule has 0 amide bonds. The molecule has 1 aromatic carbocycles. The van der Waals surface area contributed by atoms with Gasteiger partial charge in [-0.2, -0.15) is 21.6 Å². The van der Waals surface area contributed by atoms with Gasteiger partial charge in [-0.15, -0.1) is 0 Å². The lowest BCUT2D eigenvalue weighted by Crippen LogP contribution is -2.32. The highest BCUT2D eigenvalue weighted by atomic mass is 32.2. The Labute approximate surface area is 204 Å². The smallest absolute Gasteiger partial charge is 0.418 e. The molecule has 0 aliphatic carbocycles. The predicted molar refractivity (Wildman–Crippen MR) is 124 cm³/mol. The average molecular weight is 523 g/mol. The van der Waals surface area contributed by atoms with Crippen LogP contribution in [0.25, 0.3) is 11.3 Å². The molecule has 0 fully saturated rings. The SMILES string of the molecule is O=C(O)CN1CCCCOc2ccccc2-c2nc(ccc2C(F)(F)F)NS(=O)(=O)c2cccc1n2. The van der Waals surface area contributed by atoms with Crippen LogP contribution in [0.2, 0.25) is 0 Å². The number of nitrogens with one attached hydrogen (secondary N) is 1. The Balaban J connectivity index is 1.85. The Morgan fingerprint density at radius 3 is 2.58 bits per heavy atom. The first-order valence-corrected chi connectivity index (χ1v) is 12.3. The minimum absolute atomic E-state index is 0.0468. The second kappa shape index (κ2) is 10.0. The van der Waals surface area contributed by atoms with Crippen molar-refractivity contribution < 1.29 is 36.2 Å². The van der Waals surface area contributed by atoms with E-state index in [9.17, 15) is 31.5 Å². The standard InChI is InChI=1S/C23H21F3N4O5S/c24-23(25,26)16-10-11-18-27-22(16)15-6-1-2-7-17(15)35-13-4-3-12-30(14-21(31)32)19-8-5-9-20(28-19)36(33,34)29-18/h1-2,5-11H,3-4,12-14H2,(H,27,29)(H,31,32). The molecule has 0 saturated heterocycles. The fourth-order valence-corrected chi connectivity index (χ4v) is 4.65. The minimum atomic E-state index is -4.75. The predicted octanol–water partition coefficient (Wildman–Crippen LogP) is 4.03. The number of nitrogens with zero attached hydrogens (tertiary/aromatic N) is 3. The molecular weight excluding hydrogens is 501 g/mol. The summed E-state index contributed by atoms with van der Waals surface area (Å²) in [5, 5.41) is 8.86. The Hall–Kier alpha value is -3.87. The summed E-state index contributed by atoms with van der Waals surface area (Å²) < 4.78 is 75.4. The van der Waals surface area contributed by atoms with Gasteiger partial charge in [-0.3, -0.25) is 9.52 Å². The number of pyridine rings is 2. The van der Waals surface area contributed by atoms with Crippen molar-refractivity contribution in [3.63, 3.8) is 0 Å². The summed E-state index contributed by atoms with van der Waals surface area (Å²) in [5.74, 6) is -1.20. The third-order valence-electron chi connectivity index (χ3n) is 5.30. The van der Waals surface area contributed by atoms with Gasteiger partial charge in [0, 0.05) is 12.1 Å². The lowest BCUT2D eigenvalue weighted by atomic mass is 10.0. The lowest BCUT2D eigenvalue weighted by Gasteiger charge is -2.23. The number of anilines is 2. The fourth-order valence-electron chi connectivity index (χ4n) is 3.68. The zero-order valence-corrected chi connectivity index (χ0v) is 19.5. The summed E-state index contributed by atoms with van der Waals surface area (Å²) in [6, 6.07) is 11.8. The van der Waals surface area contributed by atoms with Crippen molar-refractivity contribution in [3.05, 3.63) is 60.2 Å². The normalized spacial score (nSPS) is 15.8. The van der Waals surface area contributed by atoms with Crippen LogP contribution in [-0.4, -0.2) is 49.2 Å². The number of alkyl halides is 3. The zero-order valence-electron chi connectivity index (χ0n) is 18.7. The molecule has 0 spiro atoms. The number of hydrogen-bond acceptors (Lipinski definition) is 7. The molecule has 0 saturated carbocycles. The number of halogens is 3. The lowest BCUT2D eigenvalue weighted by molar-refractivity contribution is -0.137. The molecule has 2 aromatic heterocycles. The van der Waals surface area contributed by atoms with E-state index in [2.05, 4.69) is 14.7 Å². The summed E-state index contributed by atoms with van der Waals surface area (Å²) in [7, 11) is -4.37. The molecule has 3 aromatic rings. The van der Waals surface area contributed by atoms with E-state index in [0.29, 0.717) is 12.8 Å². The number of benzene rings is 1. The third-order valence-corrected chi connectivity index (χ3v) is 6.55. The topological polar surface area (TPSA) is 122 Å². The Bertz CT molecular complexity index is 1380. The van der Waals surface area contributed by atoms with Gasteiger partial charge in [0.2, 0.25) is 0 Å². The second-order valence-corrected chi connectivity index (χ2v) is 9.53. The van der Waals surface area contributed by atoms with Crippen molar-refractivity contribution in [2.24, 2.45) is 0 Å². The van der Waals surface area contributed by atoms with Gasteiger partial charge in [0.1, 0.15) is 23.9 Å². The van der Waals surface area contributed by atoms with Crippen LogP contribution in [0.5, 0.6) is 5.75 Å². The summed E-state index contributed by atoms with van der Waals surface area (Å²) in [5.41, 5.74) is -1.49. The first kappa shape index (κ1) is 25.2. The zero-order chi connectivity index (χ0) is 25.9. The van der Waals surface area contributed by atoms with Gasteiger partial charge in [0.25, 0.3) is 10.0 Å². The van der Waals surface area contributed by atoms with Gasteiger partial charge in [-0.25, -0.2) is 9.97 Å². The number of aromatic nitrogens is 2. The van der Waals surface area contributed by atoms with Gasteiger partial charge in [-0.1, -0.05) is 18.2 Å². The Morgan fingerprint density at radius 2 is 1.83 bits per heavy atom. The van der Waals surface area contributed by atoms with E-state index in [1.54, 1.807) is 6.07 Å². The van der Waals surface area contributed by atoms with Crippen LogP contribution in [0.3, 0.4) is 0 Å². The number of aliphatic carboxylic acids is 1. The van der Waals surface area contributed by atoms with Crippen LogP contribution in [0.4, 0.5) is 24.8 Å². The third kappa shape index (κ3) is 5.67. The Kier molecular flexibility index (Phi) is 7.02. The molecular formula is C23H21F3N4O5S. The molecule has 0 atom stereocenters. The molecule has 1 aliphatic rings. The minimum Gasteiger partial charge on any atom is -0.493 e. The molecule has 13 heteroatoms. The average Bonchev–Trinajstić information content (AvgIpc) is 2.82. The van der Waals surface area contributed by atoms with Crippen molar-refractivity contribution >= 4 is 27.6 Å². The van der Waals surface area contributed by atoms with Crippen molar-refractivity contribution in [1.29, 1.82) is 0 Å². The van der Waals surface area contributed by atoms with Crippen molar-refractivity contribution in [2.45, 2.75) is 24.0 Å². The van der Waals surface area contributed by atoms with Gasteiger partial charge in [-0.05, 0) is 49.2 Å². The molecule has 0 unspecified atom stereocenters. The maximum Gasteiger partial charge on any atom is 0.418 e. The number of carboxylic acid groups (broad SMARTS) is 1. The number of fused-ring (bicyclic) bond motifs is 6. The van der Waals surface area contributed by atoms with E-state index in [-0.39, 0.29) is 36.1 Å². The largest absolute Gasteiger partial charge is 0.493 e. The number of para-hydroxylation sites is 1. The van der Waals surface area contributed by atoms with E-state index in [1.807, 2.05) is 0 Å². The summed E-state index contributed by atoms with van der Waals surface area (Å²) in [6.07, 6.45) is -3.85. The monoisotopic (exact) mass is 522 g/mol. The van der Waals surface area contributed by atoms with Gasteiger partial charge in [0.15, 0.2) is 5.03 Å². The van der Waals surface area contributed by atoms with Crippen molar-refractivity contribution in [2.75, 3.05) is 29.3 Å². The van der Waals surface area contributed by atoms with Crippen LogP contribution < -0.4 is 14.4 Å². The quantitative estimate of drug-likeness (QED) is 0.518. The van der Waals surface area contributed by atoms with Crippen LogP contribution in [-0.2, 0) is 21.0 Å². The molecule has 190 valence electrons. The van der Waals surface area contributed by atoms with Gasteiger partial charge >= 0.3 is 12.1 Å². The molecule has 4 rings (SSSR count). The van der Waals surface area contributed by atoms with Crippen molar-refractivity contribution in [3.8, 4) is 17.0 Å². The highest BCUT2D eigenvalue weighted by molar-refractivity contribution is 7.92. The first-order valence-electron chi connectivity index (χ1n) is 10.8. The van der Waals surface area contributed by atoms with Crippen molar-refractivity contribution in [1.82, 2.24) is 9.97 Å². The fraction of sp³-hybridized carbons (Fsp3) is 0.261. The summed E-state index contributed by atoms with van der Waals surface area (Å²) >= 11 is 0. The van der Waals surface area contributed by atoms with Crippen LogP contribution in [0.15, 0.2) is 59.6 Å². The molecule has 2 N–H and O–H groups in total. The number of carbonyl (C=O) groups is 1. The number of ether oxygens (including phenoxy) is 1. The van der Waals surface area contributed by atoms with E-state index in [4.69, 9.17) is 4.74 Å². The molecule has 0 radical (unpaired) electrons. The molecule has 36 heavy (non-hydrogen) atoms. The van der Waals surface area contributed by atoms with E-state index in [0.717, 1.165) is 12.1 Å². The van der Waals surface area contributed by atoms with Gasteiger partial charge in [0.05, 0.1) is 17.9 Å². The van der Waals surface area contributed by atoms with Gasteiger partial charge < -0.3 is 14.7 Å². The number of hydrogen-bond donors (Lipinski definition) is 2. The number of carboxylic acids is 1. The highest BCUT2D eigenvalue weighted by Gasteiger charge is 2.36.